The van der Waals surface area contributed by atoms with Gasteiger partial charge in [0.05, 0.1) is 16.7 Å². The van der Waals surface area contributed by atoms with E-state index in [9.17, 15) is 26.9 Å². The largest absolute Gasteiger partial charge is 0.456 e. The van der Waals surface area contributed by atoms with Crippen molar-refractivity contribution in [2.45, 2.75) is 4.90 Å². The topological polar surface area (TPSA) is 92.1 Å². The number of aromatic nitrogens is 1. The fourth-order valence-electron chi connectivity index (χ4n) is 2.15. The molecule has 1 aromatic heterocycles. The van der Waals surface area contributed by atoms with Crippen molar-refractivity contribution in [1.29, 1.82) is 5.26 Å². The molecular formula is C18H10F3N3O3S. The smallest absolute Gasteiger partial charge is 0.263 e. The van der Waals surface area contributed by atoms with Gasteiger partial charge in [0.15, 0.2) is 11.6 Å². The Morgan fingerprint density at radius 3 is 2.43 bits per heavy atom. The van der Waals surface area contributed by atoms with Crippen molar-refractivity contribution >= 4 is 15.8 Å². The highest BCUT2D eigenvalue weighted by molar-refractivity contribution is 7.92. The van der Waals surface area contributed by atoms with E-state index >= 15 is 0 Å². The summed E-state index contributed by atoms with van der Waals surface area (Å²) in [6, 6.07) is 10.2. The molecule has 1 N–H and O–H groups in total. The molecule has 0 aliphatic carbocycles. The summed E-state index contributed by atoms with van der Waals surface area (Å²) in [6.45, 7) is 0. The maximum Gasteiger partial charge on any atom is 0.263 e. The molecule has 0 unspecified atom stereocenters. The lowest BCUT2D eigenvalue weighted by molar-refractivity contribution is 0.460. The van der Waals surface area contributed by atoms with Crippen LogP contribution in [0.3, 0.4) is 0 Å². The summed E-state index contributed by atoms with van der Waals surface area (Å²) in [5.74, 6) is -3.05. The van der Waals surface area contributed by atoms with E-state index in [4.69, 9.17) is 4.74 Å². The van der Waals surface area contributed by atoms with E-state index in [1.807, 2.05) is 0 Å². The first-order valence-corrected chi connectivity index (χ1v) is 9.08. The Hall–Kier alpha value is -3.58. The molecule has 142 valence electrons. The normalized spacial score (nSPS) is 10.9. The summed E-state index contributed by atoms with van der Waals surface area (Å²) < 4.78 is 71.5. The van der Waals surface area contributed by atoms with Crippen molar-refractivity contribution < 1.29 is 26.3 Å². The summed E-state index contributed by atoms with van der Waals surface area (Å²) >= 11 is 0. The number of hydrogen-bond donors (Lipinski definition) is 1. The highest BCUT2D eigenvalue weighted by Crippen LogP contribution is 2.28. The van der Waals surface area contributed by atoms with Crippen LogP contribution in [-0.2, 0) is 10.0 Å². The number of hydrogen-bond acceptors (Lipinski definition) is 5. The minimum Gasteiger partial charge on any atom is -0.456 e. The lowest BCUT2D eigenvalue weighted by Crippen LogP contribution is -2.14. The SMILES string of the molecule is N#Cc1cc(S(=O)(=O)Nc2ccc(F)cn2)ccc1Oc1ccc(F)c(F)c1. The van der Waals surface area contributed by atoms with Crippen molar-refractivity contribution in [1.82, 2.24) is 4.98 Å². The molecule has 0 aliphatic rings. The van der Waals surface area contributed by atoms with Crippen molar-refractivity contribution in [3.05, 3.63) is 77.7 Å². The number of ether oxygens (including phenoxy) is 1. The summed E-state index contributed by atoms with van der Waals surface area (Å²) in [4.78, 5) is 3.33. The molecule has 0 spiro atoms. The number of nitrogens with zero attached hydrogens (tertiary/aromatic N) is 2. The van der Waals surface area contributed by atoms with Gasteiger partial charge in [-0.25, -0.2) is 26.6 Å². The van der Waals surface area contributed by atoms with Gasteiger partial charge in [-0.05, 0) is 42.5 Å². The van der Waals surface area contributed by atoms with Gasteiger partial charge in [-0.15, -0.1) is 0 Å². The molecule has 10 heteroatoms. The average Bonchev–Trinajstić information content (AvgIpc) is 2.66. The molecule has 0 bridgehead atoms. The molecule has 1 heterocycles. The van der Waals surface area contributed by atoms with E-state index in [1.54, 1.807) is 6.07 Å². The Bertz CT molecular complexity index is 1180. The van der Waals surface area contributed by atoms with E-state index in [0.717, 1.165) is 48.7 Å². The lowest BCUT2D eigenvalue weighted by Gasteiger charge is -2.11. The Labute approximate surface area is 157 Å². The van der Waals surface area contributed by atoms with Gasteiger partial charge in [0.25, 0.3) is 10.0 Å². The van der Waals surface area contributed by atoms with Crippen LogP contribution in [-0.4, -0.2) is 13.4 Å². The quantitative estimate of drug-likeness (QED) is 0.694. The lowest BCUT2D eigenvalue weighted by atomic mass is 10.2. The van der Waals surface area contributed by atoms with Crippen LogP contribution in [0, 0.1) is 28.8 Å². The molecule has 3 rings (SSSR count). The Kier molecular flexibility index (Phi) is 5.19. The van der Waals surface area contributed by atoms with E-state index in [2.05, 4.69) is 9.71 Å². The second kappa shape index (κ2) is 7.58. The fraction of sp³-hybridized carbons (Fsp3) is 0. The predicted octanol–water partition coefficient (Wildman–Crippen LogP) is 3.96. The molecule has 0 amide bonds. The first-order chi connectivity index (χ1) is 13.3. The zero-order chi connectivity index (χ0) is 20.3. The number of nitrogens with one attached hydrogen (secondary N) is 1. The number of pyridine rings is 1. The maximum atomic E-state index is 13.3. The van der Waals surface area contributed by atoms with E-state index in [-0.39, 0.29) is 27.8 Å². The van der Waals surface area contributed by atoms with E-state index < -0.39 is 27.5 Å². The monoisotopic (exact) mass is 405 g/mol. The van der Waals surface area contributed by atoms with Crippen LogP contribution in [0.15, 0.2) is 59.6 Å². The van der Waals surface area contributed by atoms with Crippen LogP contribution in [0.1, 0.15) is 5.56 Å². The number of anilines is 1. The van der Waals surface area contributed by atoms with Crippen molar-refractivity contribution in [2.75, 3.05) is 4.72 Å². The third kappa shape index (κ3) is 4.21. The average molecular weight is 405 g/mol. The molecular weight excluding hydrogens is 395 g/mol. The van der Waals surface area contributed by atoms with Gasteiger partial charge >= 0.3 is 0 Å². The summed E-state index contributed by atoms with van der Waals surface area (Å²) in [5, 5.41) is 9.27. The van der Waals surface area contributed by atoms with Gasteiger partial charge in [-0.3, -0.25) is 4.72 Å². The Morgan fingerprint density at radius 2 is 1.79 bits per heavy atom. The molecule has 0 fully saturated rings. The van der Waals surface area contributed by atoms with Gasteiger partial charge in [0.2, 0.25) is 0 Å². The molecule has 2 aromatic carbocycles. The first-order valence-electron chi connectivity index (χ1n) is 7.60. The molecule has 0 radical (unpaired) electrons. The molecule has 0 saturated carbocycles. The van der Waals surface area contributed by atoms with Crippen molar-refractivity contribution in [3.8, 4) is 17.6 Å². The highest BCUT2D eigenvalue weighted by atomic mass is 32.2. The van der Waals surface area contributed by atoms with Crippen LogP contribution in [0.5, 0.6) is 11.5 Å². The van der Waals surface area contributed by atoms with Gasteiger partial charge in [-0.1, -0.05) is 0 Å². The second-order valence-corrected chi connectivity index (χ2v) is 7.10. The number of nitriles is 1. The van der Waals surface area contributed by atoms with E-state index in [1.165, 1.54) is 6.07 Å². The highest BCUT2D eigenvalue weighted by Gasteiger charge is 2.18. The minimum atomic E-state index is -4.11. The predicted molar refractivity (Wildman–Crippen MR) is 92.6 cm³/mol. The van der Waals surface area contributed by atoms with E-state index in [0.29, 0.717) is 0 Å². The second-order valence-electron chi connectivity index (χ2n) is 5.41. The van der Waals surface area contributed by atoms with Gasteiger partial charge in [0.1, 0.15) is 29.2 Å². The van der Waals surface area contributed by atoms with Crippen LogP contribution in [0.25, 0.3) is 0 Å². The fourth-order valence-corrected chi connectivity index (χ4v) is 3.19. The van der Waals surface area contributed by atoms with Crippen molar-refractivity contribution in [3.63, 3.8) is 0 Å². The summed E-state index contributed by atoms with van der Waals surface area (Å²) in [5.41, 5.74) is -0.153. The molecule has 3 aromatic rings. The molecule has 0 saturated heterocycles. The molecule has 28 heavy (non-hydrogen) atoms. The number of rotatable bonds is 5. The number of halogens is 3. The third-order valence-corrected chi connectivity index (χ3v) is 4.82. The third-order valence-electron chi connectivity index (χ3n) is 3.47. The molecule has 0 aliphatic heterocycles. The van der Waals surface area contributed by atoms with Crippen LogP contribution >= 0.6 is 0 Å². The summed E-state index contributed by atoms with van der Waals surface area (Å²) in [6.07, 6.45) is 0.845. The van der Waals surface area contributed by atoms with Crippen LogP contribution < -0.4 is 9.46 Å². The number of benzene rings is 2. The van der Waals surface area contributed by atoms with Crippen LogP contribution in [0.2, 0.25) is 0 Å². The van der Waals surface area contributed by atoms with Crippen LogP contribution in [0.4, 0.5) is 19.0 Å². The molecule has 0 atom stereocenters. The maximum absolute atomic E-state index is 13.3. The standard InChI is InChI=1S/C18H10F3N3O3S/c19-12-1-6-18(23-10-12)24-28(25,26)14-3-5-17(11(7-14)9-22)27-13-2-4-15(20)16(21)8-13/h1-8,10H,(H,23,24). The van der Waals surface area contributed by atoms with Gasteiger partial charge in [-0.2, -0.15) is 5.26 Å². The zero-order valence-corrected chi connectivity index (χ0v) is 14.7. The Balaban J connectivity index is 1.88. The van der Waals surface area contributed by atoms with Gasteiger partial charge in [0, 0.05) is 6.07 Å². The summed E-state index contributed by atoms with van der Waals surface area (Å²) in [7, 11) is -4.11. The first kappa shape index (κ1) is 19.2. The Morgan fingerprint density at radius 1 is 1.00 bits per heavy atom. The van der Waals surface area contributed by atoms with Crippen molar-refractivity contribution in [2.24, 2.45) is 0 Å². The number of sulfonamides is 1. The zero-order valence-electron chi connectivity index (χ0n) is 13.9. The molecule has 6 nitrogen and oxygen atoms in total. The van der Waals surface area contributed by atoms with Gasteiger partial charge < -0.3 is 4.74 Å². The minimum absolute atomic E-state index is 0.0487.